The average Bonchev–Trinajstić information content (AvgIpc) is 2.77. The maximum absolute atomic E-state index is 13.1. The molecule has 0 fully saturated rings. The Hall–Kier alpha value is -1.64. The lowest BCUT2D eigenvalue weighted by Gasteiger charge is -2.18. The van der Waals surface area contributed by atoms with E-state index < -0.39 is 0 Å². The van der Waals surface area contributed by atoms with Crippen LogP contribution in [0.15, 0.2) is 24.3 Å². The number of esters is 1. The van der Waals surface area contributed by atoms with E-state index in [4.69, 9.17) is 4.74 Å². The Balaban J connectivity index is 2.76. The van der Waals surface area contributed by atoms with Gasteiger partial charge >= 0.3 is 5.97 Å². The molecule has 3 nitrogen and oxygen atoms in total. The summed E-state index contributed by atoms with van der Waals surface area (Å²) >= 11 is 0. The maximum Gasteiger partial charge on any atom is 0.338 e. The lowest BCUT2D eigenvalue weighted by Crippen LogP contribution is -2.18. The third-order valence-electron chi connectivity index (χ3n) is 6.20. The molecule has 1 rings (SSSR count). The van der Waals surface area contributed by atoms with Gasteiger partial charge in [-0.05, 0) is 30.7 Å². The van der Waals surface area contributed by atoms with Crippen LogP contribution in [-0.4, -0.2) is 18.4 Å². The zero-order valence-electron chi connectivity index (χ0n) is 20.6. The van der Waals surface area contributed by atoms with Gasteiger partial charge in [-0.1, -0.05) is 110 Å². The van der Waals surface area contributed by atoms with Crippen LogP contribution >= 0.6 is 0 Å². The normalized spacial score (nSPS) is 13.0. The SMILES string of the molecule is CCCCCC(CCC)COC(=O)c1ccccc1C(=O)CC(CCC)CCCCC. The average molecular weight is 431 g/mol. The van der Waals surface area contributed by atoms with Gasteiger partial charge < -0.3 is 4.74 Å². The number of rotatable bonds is 18. The number of carbonyl (C=O) groups excluding carboxylic acids is 2. The van der Waals surface area contributed by atoms with Crippen LogP contribution in [-0.2, 0) is 4.74 Å². The summed E-state index contributed by atoms with van der Waals surface area (Å²) in [6.07, 6.45) is 14.2. The number of ketones is 1. The third-order valence-corrected chi connectivity index (χ3v) is 6.20. The van der Waals surface area contributed by atoms with Crippen LogP contribution in [0.1, 0.15) is 132 Å². The molecule has 0 heterocycles. The first-order valence-electron chi connectivity index (χ1n) is 12.9. The van der Waals surface area contributed by atoms with Crippen molar-refractivity contribution < 1.29 is 14.3 Å². The minimum atomic E-state index is -0.349. The van der Waals surface area contributed by atoms with Crippen LogP contribution in [0.2, 0.25) is 0 Å². The van der Waals surface area contributed by atoms with E-state index in [1.165, 1.54) is 38.5 Å². The first-order chi connectivity index (χ1) is 15.1. The summed E-state index contributed by atoms with van der Waals surface area (Å²) in [6.45, 7) is 9.22. The summed E-state index contributed by atoms with van der Waals surface area (Å²) in [5.74, 6) is 0.547. The standard InChI is InChI=1S/C28H46O3/c1-5-9-11-17-23(15-7-3)21-27(29)25-19-13-14-20-26(25)28(30)31-22-24(16-8-4)18-12-10-6-2/h13-14,19-20,23-24H,5-12,15-18,21-22H2,1-4H3. The number of hydrogen-bond donors (Lipinski definition) is 0. The highest BCUT2D eigenvalue weighted by Gasteiger charge is 2.21. The molecule has 0 amide bonds. The fraction of sp³-hybridized carbons (Fsp3) is 0.714. The molecule has 1 aromatic carbocycles. The molecular formula is C28H46O3. The summed E-state index contributed by atoms with van der Waals surface area (Å²) in [7, 11) is 0. The van der Waals surface area contributed by atoms with Crippen molar-refractivity contribution in [3.05, 3.63) is 35.4 Å². The zero-order chi connectivity index (χ0) is 22.9. The second kappa shape index (κ2) is 17.0. The van der Waals surface area contributed by atoms with E-state index in [1.807, 2.05) is 12.1 Å². The summed E-state index contributed by atoms with van der Waals surface area (Å²) < 4.78 is 5.71. The molecule has 0 aliphatic heterocycles. The molecule has 0 aliphatic carbocycles. The monoisotopic (exact) mass is 430 g/mol. The molecule has 0 saturated heterocycles. The number of Topliss-reactive ketones (excluding diaryl/α,β-unsaturated/α-hetero) is 1. The van der Waals surface area contributed by atoms with Crippen LogP contribution in [0.4, 0.5) is 0 Å². The molecule has 0 aliphatic rings. The predicted octanol–water partition coefficient (Wildman–Crippen LogP) is 8.41. The Morgan fingerprint density at radius 1 is 0.710 bits per heavy atom. The lowest BCUT2D eigenvalue weighted by molar-refractivity contribution is 0.0420. The molecule has 2 atom stereocenters. The van der Waals surface area contributed by atoms with E-state index in [-0.39, 0.29) is 11.8 Å². The molecule has 0 bridgehead atoms. The third kappa shape index (κ3) is 11.0. The van der Waals surface area contributed by atoms with E-state index in [1.54, 1.807) is 12.1 Å². The van der Waals surface area contributed by atoms with E-state index in [0.717, 1.165) is 38.5 Å². The first kappa shape index (κ1) is 27.4. The Morgan fingerprint density at radius 2 is 1.26 bits per heavy atom. The topological polar surface area (TPSA) is 43.4 Å². The van der Waals surface area contributed by atoms with Gasteiger partial charge in [-0.25, -0.2) is 4.79 Å². The molecule has 0 aromatic heterocycles. The van der Waals surface area contributed by atoms with Crippen molar-refractivity contribution in [2.75, 3.05) is 6.61 Å². The van der Waals surface area contributed by atoms with Gasteiger partial charge in [-0.15, -0.1) is 0 Å². The molecule has 2 unspecified atom stereocenters. The van der Waals surface area contributed by atoms with Gasteiger partial charge in [-0.3, -0.25) is 4.79 Å². The summed E-state index contributed by atoms with van der Waals surface area (Å²) in [4.78, 5) is 26.0. The Morgan fingerprint density at radius 3 is 1.84 bits per heavy atom. The lowest BCUT2D eigenvalue weighted by atomic mass is 9.88. The molecule has 176 valence electrons. The van der Waals surface area contributed by atoms with Gasteiger partial charge in [0.2, 0.25) is 0 Å². The number of unbranched alkanes of at least 4 members (excludes halogenated alkanes) is 4. The summed E-state index contributed by atoms with van der Waals surface area (Å²) in [5, 5.41) is 0. The Labute approximate surface area is 191 Å². The van der Waals surface area contributed by atoms with E-state index in [9.17, 15) is 9.59 Å². The predicted molar refractivity (Wildman–Crippen MR) is 131 cm³/mol. The highest BCUT2D eigenvalue weighted by molar-refractivity contribution is 6.06. The smallest absolute Gasteiger partial charge is 0.338 e. The van der Waals surface area contributed by atoms with Crippen LogP contribution in [0.3, 0.4) is 0 Å². The van der Waals surface area contributed by atoms with Crippen molar-refractivity contribution in [2.45, 2.75) is 111 Å². The van der Waals surface area contributed by atoms with Gasteiger partial charge in [-0.2, -0.15) is 0 Å². The molecular weight excluding hydrogens is 384 g/mol. The number of benzene rings is 1. The van der Waals surface area contributed by atoms with E-state index in [2.05, 4.69) is 27.7 Å². The van der Waals surface area contributed by atoms with Crippen molar-refractivity contribution in [1.82, 2.24) is 0 Å². The van der Waals surface area contributed by atoms with Crippen molar-refractivity contribution in [3.63, 3.8) is 0 Å². The number of hydrogen-bond acceptors (Lipinski definition) is 3. The van der Waals surface area contributed by atoms with Crippen LogP contribution in [0.5, 0.6) is 0 Å². The van der Waals surface area contributed by atoms with Crippen LogP contribution < -0.4 is 0 Å². The fourth-order valence-electron chi connectivity index (χ4n) is 4.39. The number of carbonyl (C=O) groups is 2. The summed E-state index contributed by atoms with van der Waals surface area (Å²) in [6, 6.07) is 7.20. The van der Waals surface area contributed by atoms with Crippen molar-refractivity contribution >= 4 is 11.8 Å². The fourth-order valence-corrected chi connectivity index (χ4v) is 4.39. The Kier molecular flexibility index (Phi) is 15.0. The van der Waals surface area contributed by atoms with Crippen LogP contribution in [0.25, 0.3) is 0 Å². The molecule has 0 saturated carbocycles. The van der Waals surface area contributed by atoms with Gasteiger partial charge in [0.05, 0.1) is 12.2 Å². The number of ether oxygens (including phenoxy) is 1. The van der Waals surface area contributed by atoms with Crippen molar-refractivity contribution in [1.29, 1.82) is 0 Å². The van der Waals surface area contributed by atoms with Gasteiger partial charge in [0, 0.05) is 12.0 Å². The molecule has 31 heavy (non-hydrogen) atoms. The molecule has 0 radical (unpaired) electrons. The van der Waals surface area contributed by atoms with Gasteiger partial charge in [0.25, 0.3) is 0 Å². The maximum atomic E-state index is 13.1. The Bertz CT molecular complexity index is 622. The highest BCUT2D eigenvalue weighted by Crippen LogP contribution is 2.24. The van der Waals surface area contributed by atoms with Crippen molar-refractivity contribution in [2.24, 2.45) is 11.8 Å². The summed E-state index contributed by atoms with van der Waals surface area (Å²) in [5.41, 5.74) is 0.960. The van der Waals surface area contributed by atoms with E-state index >= 15 is 0 Å². The van der Waals surface area contributed by atoms with Crippen molar-refractivity contribution in [3.8, 4) is 0 Å². The zero-order valence-corrected chi connectivity index (χ0v) is 20.6. The molecule has 0 N–H and O–H groups in total. The molecule has 3 heteroatoms. The quantitative estimate of drug-likeness (QED) is 0.133. The highest BCUT2D eigenvalue weighted by atomic mass is 16.5. The molecule has 0 spiro atoms. The second-order valence-electron chi connectivity index (χ2n) is 9.07. The van der Waals surface area contributed by atoms with Gasteiger partial charge in [0.15, 0.2) is 5.78 Å². The van der Waals surface area contributed by atoms with E-state index in [0.29, 0.717) is 36.0 Å². The first-order valence-corrected chi connectivity index (χ1v) is 12.9. The largest absolute Gasteiger partial charge is 0.462 e. The minimum absolute atomic E-state index is 0.0792. The minimum Gasteiger partial charge on any atom is -0.462 e. The second-order valence-corrected chi connectivity index (χ2v) is 9.07. The molecule has 1 aromatic rings. The van der Waals surface area contributed by atoms with Crippen LogP contribution in [0, 0.1) is 11.8 Å². The van der Waals surface area contributed by atoms with Gasteiger partial charge in [0.1, 0.15) is 0 Å².